The summed E-state index contributed by atoms with van der Waals surface area (Å²) in [5.74, 6) is 1.02. The van der Waals surface area contributed by atoms with E-state index >= 15 is 0 Å². The van der Waals surface area contributed by atoms with Crippen LogP contribution in [0.5, 0.6) is 0 Å². The molecule has 0 bridgehead atoms. The van der Waals surface area contributed by atoms with Crippen molar-refractivity contribution < 1.29 is 8.42 Å². The number of alkyl halides is 1. The van der Waals surface area contributed by atoms with Gasteiger partial charge in [0.2, 0.25) is 10.0 Å². The first-order valence-corrected chi connectivity index (χ1v) is 8.12. The highest BCUT2D eigenvalue weighted by Crippen LogP contribution is 2.09. The first-order chi connectivity index (χ1) is 7.44. The summed E-state index contributed by atoms with van der Waals surface area (Å²) in [6.45, 7) is 7.16. The molecule has 16 heavy (non-hydrogen) atoms. The Morgan fingerprint density at radius 1 is 1.25 bits per heavy atom. The lowest BCUT2D eigenvalue weighted by Crippen LogP contribution is -2.35. The Morgan fingerprint density at radius 2 is 1.88 bits per heavy atom. The van der Waals surface area contributed by atoms with Gasteiger partial charge in [0.25, 0.3) is 0 Å². The molecule has 0 N–H and O–H groups in total. The van der Waals surface area contributed by atoms with E-state index in [1.807, 2.05) is 13.8 Å². The van der Waals surface area contributed by atoms with Gasteiger partial charge in [0.1, 0.15) is 0 Å². The van der Waals surface area contributed by atoms with E-state index in [-0.39, 0.29) is 5.75 Å². The molecule has 0 aliphatic heterocycles. The third-order valence-corrected chi connectivity index (χ3v) is 4.51. The van der Waals surface area contributed by atoms with Gasteiger partial charge in [0.15, 0.2) is 0 Å². The van der Waals surface area contributed by atoms with Crippen LogP contribution in [0.1, 0.15) is 40.0 Å². The molecule has 0 aliphatic carbocycles. The maximum atomic E-state index is 12.0. The van der Waals surface area contributed by atoms with Crippen molar-refractivity contribution in [3.63, 3.8) is 0 Å². The van der Waals surface area contributed by atoms with E-state index in [2.05, 4.69) is 6.92 Å². The molecule has 0 spiro atoms. The minimum absolute atomic E-state index is 0.241. The summed E-state index contributed by atoms with van der Waals surface area (Å²) in [6.07, 6.45) is 2.61. The zero-order valence-electron chi connectivity index (χ0n) is 10.6. The van der Waals surface area contributed by atoms with Crippen LogP contribution >= 0.6 is 11.6 Å². The minimum Gasteiger partial charge on any atom is -0.212 e. The van der Waals surface area contributed by atoms with Crippen molar-refractivity contribution in [3.8, 4) is 0 Å². The fraction of sp³-hybridized carbons (Fsp3) is 1.00. The van der Waals surface area contributed by atoms with Gasteiger partial charge in [-0.1, -0.05) is 27.2 Å². The number of hydrogen-bond donors (Lipinski definition) is 0. The molecular formula is C11H24ClNO2S. The Labute approximate surface area is 105 Å². The monoisotopic (exact) mass is 269 g/mol. The second-order valence-electron chi connectivity index (χ2n) is 4.44. The van der Waals surface area contributed by atoms with E-state index in [1.165, 1.54) is 4.31 Å². The summed E-state index contributed by atoms with van der Waals surface area (Å²) in [7, 11) is -3.10. The van der Waals surface area contributed by atoms with Gasteiger partial charge in [-0.05, 0) is 18.8 Å². The van der Waals surface area contributed by atoms with Crippen LogP contribution in [0.2, 0.25) is 0 Å². The highest BCUT2D eigenvalue weighted by atomic mass is 35.5. The van der Waals surface area contributed by atoms with Crippen molar-refractivity contribution in [2.75, 3.05) is 24.7 Å². The number of nitrogens with zero attached hydrogens (tertiary/aromatic N) is 1. The summed E-state index contributed by atoms with van der Waals surface area (Å²) in [6, 6.07) is 0. The molecular weight excluding hydrogens is 246 g/mol. The number of rotatable bonds is 9. The van der Waals surface area contributed by atoms with Crippen LogP contribution in [0.15, 0.2) is 0 Å². The van der Waals surface area contributed by atoms with Gasteiger partial charge in [-0.3, -0.25) is 0 Å². The molecule has 0 aromatic heterocycles. The number of unbranched alkanes of at least 4 members (excludes halogenated alkanes) is 1. The molecule has 0 atom stereocenters. The molecule has 0 unspecified atom stereocenters. The molecule has 0 fully saturated rings. The average molecular weight is 270 g/mol. The smallest absolute Gasteiger partial charge is 0.212 e. The van der Waals surface area contributed by atoms with E-state index in [0.29, 0.717) is 31.3 Å². The molecule has 0 rings (SSSR count). The van der Waals surface area contributed by atoms with Crippen molar-refractivity contribution in [2.24, 2.45) is 5.92 Å². The maximum absolute atomic E-state index is 12.0. The molecule has 98 valence electrons. The molecule has 0 amide bonds. The van der Waals surface area contributed by atoms with Gasteiger partial charge < -0.3 is 0 Å². The number of sulfonamides is 1. The van der Waals surface area contributed by atoms with Crippen LogP contribution in [0, 0.1) is 5.92 Å². The second-order valence-corrected chi connectivity index (χ2v) is 6.91. The maximum Gasteiger partial charge on any atom is 0.214 e. The Hall–Kier alpha value is 0.200. The number of hydrogen-bond acceptors (Lipinski definition) is 2. The zero-order valence-corrected chi connectivity index (χ0v) is 12.1. The zero-order chi connectivity index (χ0) is 12.6. The van der Waals surface area contributed by atoms with Gasteiger partial charge in [0, 0.05) is 19.0 Å². The first kappa shape index (κ1) is 16.2. The largest absolute Gasteiger partial charge is 0.214 e. The van der Waals surface area contributed by atoms with Crippen LogP contribution in [-0.2, 0) is 10.0 Å². The Bertz CT molecular complexity index is 265. The Morgan fingerprint density at radius 3 is 2.31 bits per heavy atom. The first-order valence-electron chi connectivity index (χ1n) is 5.97. The van der Waals surface area contributed by atoms with Gasteiger partial charge >= 0.3 is 0 Å². The summed E-state index contributed by atoms with van der Waals surface area (Å²) >= 11 is 5.64. The summed E-state index contributed by atoms with van der Waals surface area (Å²) < 4.78 is 25.5. The van der Waals surface area contributed by atoms with Crippen molar-refractivity contribution in [3.05, 3.63) is 0 Å². The Balaban J connectivity index is 4.37. The minimum atomic E-state index is -3.10. The fourth-order valence-corrected chi connectivity index (χ4v) is 3.44. The fourth-order valence-electron chi connectivity index (χ4n) is 1.33. The third kappa shape index (κ3) is 6.71. The lowest BCUT2D eigenvalue weighted by atomic mass is 10.2. The average Bonchev–Trinajstić information content (AvgIpc) is 2.21. The van der Waals surface area contributed by atoms with Crippen molar-refractivity contribution >= 4 is 21.6 Å². The molecule has 0 aromatic rings. The quantitative estimate of drug-likeness (QED) is 0.604. The summed E-state index contributed by atoms with van der Waals surface area (Å²) in [5, 5.41) is 0. The van der Waals surface area contributed by atoms with Crippen molar-refractivity contribution in [1.82, 2.24) is 4.31 Å². The third-order valence-electron chi connectivity index (χ3n) is 2.44. The SMILES string of the molecule is CCCCN(CCCl)S(=O)(=O)CCC(C)C. The van der Waals surface area contributed by atoms with Crippen LogP contribution in [0.4, 0.5) is 0 Å². The van der Waals surface area contributed by atoms with E-state index in [9.17, 15) is 8.42 Å². The van der Waals surface area contributed by atoms with Gasteiger partial charge in [-0.2, -0.15) is 0 Å². The predicted octanol–water partition coefficient (Wildman–Crippen LogP) is 2.70. The molecule has 5 heteroatoms. The highest BCUT2D eigenvalue weighted by Gasteiger charge is 2.20. The molecule has 0 aromatic carbocycles. The van der Waals surface area contributed by atoms with E-state index in [4.69, 9.17) is 11.6 Å². The van der Waals surface area contributed by atoms with Gasteiger partial charge in [0.05, 0.1) is 5.75 Å². The normalized spacial score (nSPS) is 12.6. The van der Waals surface area contributed by atoms with Crippen LogP contribution in [0.25, 0.3) is 0 Å². The number of halogens is 1. The molecule has 3 nitrogen and oxygen atoms in total. The van der Waals surface area contributed by atoms with Crippen molar-refractivity contribution in [2.45, 2.75) is 40.0 Å². The van der Waals surface area contributed by atoms with E-state index in [0.717, 1.165) is 12.8 Å². The Kier molecular flexibility index (Phi) is 8.42. The van der Waals surface area contributed by atoms with Crippen LogP contribution in [-0.4, -0.2) is 37.4 Å². The summed E-state index contributed by atoms with van der Waals surface area (Å²) in [4.78, 5) is 0. The standard InChI is InChI=1S/C11H24ClNO2S/c1-4-5-8-13(9-7-12)16(14,15)10-6-11(2)3/h11H,4-10H2,1-3H3. The van der Waals surface area contributed by atoms with Gasteiger partial charge in [-0.25, -0.2) is 12.7 Å². The van der Waals surface area contributed by atoms with Crippen LogP contribution < -0.4 is 0 Å². The molecule has 0 radical (unpaired) electrons. The molecule has 0 aliphatic rings. The van der Waals surface area contributed by atoms with E-state index < -0.39 is 10.0 Å². The van der Waals surface area contributed by atoms with Gasteiger partial charge in [-0.15, -0.1) is 11.6 Å². The predicted molar refractivity (Wildman–Crippen MR) is 70.4 cm³/mol. The second kappa shape index (κ2) is 8.31. The summed E-state index contributed by atoms with van der Waals surface area (Å²) in [5.41, 5.74) is 0. The highest BCUT2D eigenvalue weighted by molar-refractivity contribution is 7.89. The molecule has 0 saturated carbocycles. The topological polar surface area (TPSA) is 37.4 Å². The van der Waals surface area contributed by atoms with E-state index in [1.54, 1.807) is 0 Å². The lowest BCUT2D eigenvalue weighted by molar-refractivity contribution is 0.417. The van der Waals surface area contributed by atoms with Crippen molar-refractivity contribution in [1.29, 1.82) is 0 Å². The molecule has 0 heterocycles. The lowest BCUT2D eigenvalue weighted by Gasteiger charge is -2.21. The molecule has 0 saturated heterocycles. The van der Waals surface area contributed by atoms with Crippen LogP contribution in [0.3, 0.4) is 0 Å².